The van der Waals surface area contributed by atoms with Crippen molar-refractivity contribution in [3.8, 4) is 11.4 Å². The molecule has 4 rings (SSSR count). The van der Waals surface area contributed by atoms with E-state index in [0.717, 1.165) is 31.5 Å². The maximum atomic E-state index is 13.4. The van der Waals surface area contributed by atoms with Gasteiger partial charge in [-0.1, -0.05) is 41.9 Å². The molecule has 5 nitrogen and oxygen atoms in total. The molecule has 0 saturated carbocycles. The van der Waals surface area contributed by atoms with Crippen LogP contribution in [0.4, 0.5) is 15.9 Å². The number of aromatic nitrogens is 2. The van der Waals surface area contributed by atoms with E-state index < -0.39 is 5.82 Å². The molecule has 0 atom stereocenters. The lowest BCUT2D eigenvalue weighted by molar-refractivity contribution is 0.0787. The van der Waals surface area contributed by atoms with E-state index in [1.165, 1.54) is 12.1 Å². The van der Waals surface area contributed by atoms with Crippen molar-refractivity contribution in [3.05, 3.63) is 71.1 Å². The first-order chi connectivity index (χ1) is 13.6. The molecule has 0 bridgehead atoms. The molecular weight excluding hydrogens is 379 g/mol. The summed E-state index contributed by atoms with van der Waals surface area (Å²) in [6.45, 7) is 1.47. The topological polar surface area (TPSA) is 58.1 Å². The van der Waals surface area contributed by atoms with Crippen LogP contribution in [-0.2, 0) is 0 Å². The van der Waals surface area contributed by atoms with Crippen molar-refractivity contribution in [1.82, 2.24) is 14.9 Å². The van der Waals surface area contributed by atoms with Crippen LogP contribution >= 0.6 is 11.6 Å². The number of amides is 1. The minimum atomic E-state index is -0.496. The van der Waals surface area contributed by atoms with E-state index in [-0.39, 0.29) is 10.9 Å². The molecule has 1 N–H and O–H groups in total. The molecule has 0 radical (unpaired) electrons. The number of benzene rings is 2. The molecule has 2 heterocycles. The third-order valence-corrected chi connectivity index (χ3v) is 4.85. The lowest BCUT2D eigenvalue weighted by atomic mass is 10.2. The van der Waals surface area contributed by atoms with Gasteiger partial charge in [0, 0.05) is 30.4 Å². The molecule has 3 aromatic rings. The first kappa shape index (κ1) is 18.4. The zero-order valence-corrected chi connectivity index (χ0v) is 15.8. The number of likely N-dealkylation sites (tertiary alicyclic amines) is 1. The molecule has 1 saturated heterocycles. The minimum absolute atomic E-state index is 0.00991. The quantitative estimate of drug-likeness (QED) is 0.680. The molecule has 1 fully saturated rings. The Kier molecular flexibility index (Phi) is 5.21. The average molecular weight is 397 g/mol. The van der Waals surface area contributed by atoms with E-state index in [9.17, 15) is 9.18 Å². The third kappa shape index (κ3) is 3.97. The van der Waals surface area contributed by atoms with Crippen LogP contribution in [0.15, 0.2) is 54.6 Å². The zero-order chi connectivity index (χ0) is 19.5. The van der Waals surface area contributed by atoms with Crippen molar-refractivity contribution in [2.24, 2.45) is 0 Å². The molecule has 142 valence electrons. The summed E-state index contributed by atoms with van der Waals surface area (Å²) in [5, 5.41) is 3.10. The second kappa shape index (κ2) is 7.94. The van der Waals surface area contributed by atoms with Gasteiger partial charge in [0.15, 0.2) is 5.82 Å². The van der Waals surface area contributed by atoms with Gasteiger partial charge in [-0.3, -0.25) is 4.79 Å². The Bertz CT molecular complexity index is 1010. The Labute approximate surface area is 167 Å². The fraction of sp³-hybridized carbons (Fsp3) is 0.190. The van der Waals surface area contributed by atoms with E-state index in [0.29, 0.717) is 23.0 Å². The highest BCUT2D eigenvalue weighted by Crippen LogP contribution is 2.25. The van der Waals surface area contributed by atoms with Crippen LogP contribution in [0, 0.1) is 5.82 Å². The lowest BCUT2D eigenvalue weighted by Gasteiger charge is -2.16. The summed E-state index contributed by atoms with van der Waals surface area (Å²) in [5.74, 6) is 0.280. The van der Waals surface area contributed by atoms with Gasteiger partial charge in [-0.2, -0.15) is 0 Å². The van der Waals surface area contributed by atoms with Crippen molar-refractivity contribution in [2.45, 2.75) is 12.8 Å². The highest BCUT2D eigenvalue weighted by molar-refractivity contribution is 6.31. The van der Waals surface area contributed by atoms with Gasteiger partial charge >= 0.3 is 0 Å². The Hall–Kier alpha value is -2.99. The van der Waals surface area contributed by atoms with Crippen LogP contribution in [0.25, 0.3) is 11.4 Å². The van der Waals surface area contributed by atoms with Crippen LogP contribution in [0.5, 0.6) is 0 Å². The van der Waals surface area contributed by atoms with Crippen molar-refractivity contribution < 1.29 is 9.18 Å². The van der Waals surface area contributed by atoms with Gasteiger partial charge < -0.3 is 10.2 Å². The van der Waals surface area contributed by atoms with Gasteiger partial charge in [0.05, 0.1) is 5.02 Å². The summed E-state index contributed by atoms with van der Waals surface area (Å²) in [5.41, 5.74) is 1.70. The molecule has 2 aromatic carbocycles. The fourth-order valence-corrected chi connectivity index (χ4v) is 3.32. The first-order valence-electron chi connectivity index (χ1n) is 9.06. The number of anilines is 2. The Balaban J connectivity index is 1.72. The molecular formula is C21H18ClFN4O. The molecule has 1 aliphatic heterocycles. The minimum Gasteiger partial charge on any atom is -0.340 e. The second-order valence-corrected chi connectivity index (χ2v) is 6.99. The van der Waals surface area contributed by atoms with E-state index in [1.807, 2.05) is 30.3 Å². The summed E-state index contributed by atoms with van der Waals surface area (Å²) >= 11 is 5.87. The number of halogens is 2. The van der Waals surface area contributed by atoms with Crippen molar-refractivity contribution >= 4 is 29.0 Å². The molecule has 0 spiro atoms. The number of hydrogen-bond donors (Lipinski definition) is 1. The van der Waals surface area contributed by atoms with Crippen LogP contribution in [0.2, 0.25) is 5.02 Å². The van der Waals surface area contributed by atoms with E-state index >= 15 is 0 Å². The predicted octanol–water partition coefficient (Wildman–Crippen LogP) is 4.92. The summed E-state index contributed by atoms with van der Waals surface area (Å²) in [4.78, 5) is 23.7. The fourth-order valence-electron chi connectivity index (χ4n) is 3.14. The highest BCUT2D eigenvalue weighted by Gasteiger charge is 2.22. The van der Waals surface area contributed by atoms with Crippen LogP contribution < -0.4 is 5.32 Å². The number of nitrogens with one attached hydrogen (secondary N) is 1. The highest BCUT2D eigenvalue weighted by atomic mass is 35.5. The summed E-state index contributed by atoms with van der Waals surface area (Å²) < 4.78 is 13.4. The predicted molar refractivity (Wildman–Crippen MR) is 107 cm³/mol. The van der Waals surface area contributed by atoms with Gasteiger partial charge in [-0.15, -0.1) is 0 Å². The van der Waals surface area contributed by atoms with E-state index in [2.05, 4.69) is 15.3 Å². The van der Waals surface area contributed by atoms with Crippen molar-refractivity contribution in [2.75, 3.05) is 18.4 Å². The lowest BCUT2D eigenvalue weighted by Crippen LogP contribution is -2.28. The Morgan fingerprint density at radius 2 is 1.79 bits per heavy atom. The van der Waals surface area contributed by atoms with Gasteiger partial charge in [0.1, 0.15) is 17.3 Å². The first-order valence-corrected chi connectivity index (χ1v) is 9.44. The normalized spacial score (nSPS) is 13.6. The summed E-state index contributed by atoms with van der Waals surface area (Å²) in [7, 11) is 0. The van der Waals surface area contributed by atoms with Crippen LogP contribution in [-0.4, -0.2) is 33.9 Å². The number of nitrogens with zero attached hydrogens (tertiary/aromatic N) is 3. The number of carbonyl (C=O) groups excluding carboxylic acids is 1. The van der Waals surface area contributed by atoms with Crippen molar-refractivity contribution in [1.29, 1.82) is 0 Å². The summed E-state index contributed by atoms with van der Waals surface area (Å²) in [6, 6.07) is 15.4. The molecule has 0 unspecified atom stereocenters. The van der Waals surface area contributed by atoms with Crippen LogP contribution in [0.3, 0.4) is 0 Å². The SMILES string of the molecule is O=C(c1cc(Nc2ccc(F)c(Cl)c2)nc(-c2ccccc2)n1)N1CCCC1. The monoisotopic (exact) mass is 396 g/mol. The van der Waals surface area contributed by atoms with Gasteiger partial charge in [-0.05, 0) is 31.0 Å². The van der Waals surface area contributed by atoms with Crippen LogP contribution in [0.1, 0.15) is 23.3 Å². The number of hydrogen-bond acceptors (Lipinski definition) is 4. The largest absolute Gasteiger partial charge is 0.340 e. The van der Waals surface area contributed by atoms with Gasteiger partial charge in [0.25, 0.3) is 5.91 Å². The van der Waals surface area contributed by atoms with Gasteiger partial charge in [-0.25, -0.2) is 14.4 Å². The van der Waals surface area contributed by atoms with E-state index in [4.69, 9.17) is 11.6 Å². The Morgan fingerprint density at radius 1 is 1.04 bits per heavy atom. The maximum Gasteiger partial charge on any atom is 0.272 e. The molecule has 0 aliphatic carbocycles. The van der Waals surface area contributed by atoms with E-state index in [1.54, 1.807) is 17.0 Å². The second-order valence-electron chi connectivity index (χ2n) is 6.58. The van der Waals surface area contributed by atoms with Gasteiger partial charge in [0.2, 0.25) is 0 Å². The molecule has 1 aromatic heterocycles. The Morgan fingerprint density at radius 3 is 2.50 bits per heavy atom. The standard InChI is InChI=1S/C21H18ClFN4O/c22-16-12-15(8-9-17(16)23)24-19-13-18(21(28)27-10-4-5-11-27)25-20(26-19)14-6-2-1-3-7-14/h1-3,6-9,12-13H,4-5,10-11H2,(H,24,25,26). The zero-order valence-electron chi connectivity index (χ0n) is 15.0. The number of carbonyl (C=O) groups is 1. The molecule has 1 aliphatic rings. The smallest absolute Gasteiger partial charge is 0.272 e. The maximum absolute atomic E-state index is 13.4. The molecule has 1 amide bonds. The average Bonchev–Trinajstić information content (AvgIpc) is 3.25. The van der Waals surface area contributed by atoms with Crippen molar-refractivity contribution in [3.63, 3.8) is 0 Å². The summed E-state index contributed by atoms with van der Waals surface area (Å²) in [6.07, 6.45) is 2.00. The molecule has 28 heavy (non-hydrogen) atoms. The molecule has 7 heteroatoms. The number of rotatable bonds is 4. The third-order valence-electron chi connectivity index (χ3n) is 4.56.